The van der Waals surface area contributed by atoms with E-state index >= 15 is 0 Å². The monoisotopic (exact) mass is 454 g/mol. The summed E-state index contributed by atoms with van der Waals surface area (Å²) in [6.07, 6.45) is 0. The third-order valence-corrected chi connectivity index (χ3v) is 5.58. The van der Waals surface area contributed by atoms with Crippen molar-refractivity contribution >= 4 is 55.1 Å². The number of non-ortho nitro benzene ring substituents is 1. The summed E-state index contributed by atoms with van der Waals surface area (Å²) in [5.74, 6) is -0.261. The summed E-state index contributed by atoms with van der Waals surface area (Å²) in [6.45, 7) is 0. The standard InChI is InChI=1S/C24H14N4O6/c29-23-15-6-2-1-5-13(15)11-18-21(23)24(30)17-8-4-3-7-16(17)22(18)26-25-19-10-9-14(27(31)32)12-20(19)28(33)34/h1-12,29-30H. The maximum Gasteiger partial charge on any atom is 0.303 e. The molecule has 0 fully saturated rings. The van der Waals surface area contributed by atoms with E-state index in [0.717, 1.165) is 18.2 Å². The summed E-state index contributed by atoms with van der Waals surface area (Å²) in [5.41, 5.74) is -0.913. The van der Waals surface area contributed by atoms with Crippen molar-refractivity contribution in [1.82, 2.24) is 0 Å². The van der Waals surface area contributed by atoms with Crippen molar-refractivity contribution in [3.63, 3.8) is 0 Å². The largest absolute Gasteiger partial charge is 0.507 e. The molecule has 10 heteroatoms. The van der Waals surface area contributed by atoms with Crippen molar-refractivity contribution in [2.24, 2.45) is 10.2 Å². The molecule has 0 aliphatic rings. The molecule has 0 aliphatic heterocycles. The summed E-state index contributed by atoms with van der Waals surface area (Å²) in [5, 5.41) is 55.5. The van der Waals surface area contributed by atoms with E-state index in [9.17, 15) is 30.4 Å². The molecule has 166 valence electrons. The lowest BCUT2D eigenvalue weighted by Gasteiger charge is -2.13. The third-order valence-electron chi connectivity index (χ3n) is 5.58. The van der Waals surface area contributed by atoms with Gasteiger partial charge in [-0.15, -0.1) is 10.2 Å². The van der Waals surface area contributed by atoms with Crippen molar-refractivity contribution in [3.8, 4) is 11.5 Å². The summed E-state index contributed by atoms with van der Waals surface area (Å²) in [7, 11) is 0. The number of nitrogens with zero attached hydrogens (tertiary/aromatic N) is 4. The van der Waals surface area contributed by atoms with Crippen LogP contribution in [0.15, 0.2) is 83.0 Å². The Balaban J connectivity index is 1.83. The predicted octanol–water partition coefficient (Wildman–Crippen LogP) is 6.79. The summed E-state index contributed by atoms with van der Waals surface area (Å²) < 4.78 is 0. The lowest BCUT2D eigenvalue weighted by atomic mass is 9.95. The van der Waals surface area contributed by atoms with Gasteiger partial charge in [0.25, 0.3) is 5.69 Å². The Kier molecular flexibility index (Phi) is 4.75. The molecule has 0 aromatic heterocycles. The number of benzene rings is 5. The topological polar surface area (TPSA) is 151 Å². The molecular weight excluding hydrogens is 440 g/mol. The number of hydrogen-bond acceptors (Lipinski definition) is 8. The number of azo groups is 1. The highest BCUT2D eigenvalue weighted by atomic mass is 16.6. The van der Waals surface area contributed by atoms with Crippen molar-refractivity contribution < 1.29 is 20.1 Å². The summed E-state index contributed by atoms with van der Waals surface area (Å²) in [4.78, 5) is 21.0. The number of fused-ring (bicyclic) bond motifs is 3. The van der Waals surface area contributed by atoms with Gasteiger partial charge in [-0.1, -0.05) is 48.5 Å². The number of rotatable bonds is 4. The van der Waals surface area contributed by atoms with E-state index < -0.39 is 21.2 Å². The van der Waals surface area contributed by atoms with Gasteiger partial charge in [0.15, 0.2) is 5.69 Å². The van der Waals surface area contributed by atoms with Crippen LogP contribution in [0.4, 0.5) is 22.7 Å². The molecule has 5 aromatic carbocycles. The first-order valence-electron chi connectivity index (χ1n) is 9.99. The van der Waals surface area contributed by atoms with E-state index in [2.05, 4.69) is 10.2 Å². The molecule has 5 rings (SSSR count). The minimum Gasteiger partial charge on any atom is -0.507 e. The average Bonchev–Trinajstić information content (AvgIpc) is 2.84. The van der Waals surface area contributed by atoms with Gasteiger partial charge in [-0.05, 0) is 17.5 Å². The maximum atomic E-state index is 11.5. The molecule has 0 amide bonds. The molecule has 0 unspecified atom stereocenters. The van der Waals surface area contributed by atoms with E-state index in [4.69, 9.17) is 0 Å². The molecule has 0 heterocycles. The molecule has 10 nitrogen and oxygen atoms in total. The van der Waals surface area contributed by atoms with E-state index in [1.165, 1.54) is 0 Å². The normalized spacial score (nSPS) is 11.5. The number of nitro benzene ring substituents is 2. The maximum absolute atomic E-state index is 11.5. The highest BCUT2D eigenvalue weighted by molar-refractivity contribution is 6.20. The molecular formula is C24H14N4O6. The minimum atomic E-state index is -0.770. The van der Waals surface area contributed by atoms with Crippen molar-refractivity contribution in [2.45, 2.75) is 0 Å². The quantitative estimate of drug-likeness (QED) is 0.132. The van der Waals surface area contributed by atoms with Crippen LogP contribution in [0.3, 0.4) is 0 Å². The van der Waals surface area contributed by atoms with Crippen LogP contribution in [0.2, 0.25) is 0 Å². The first-order valence-corrected chi connectivity index (χ1v) is 9.99. The van der Waals surface area contributed by atoms with Gasteiger partial charge >= 0.3 is 5.69 Å². The van der Waals surface area contributed by atoms with Crippen molar-refractivity contribution in [1.29, 1.82) is 0 Å². The zero-order valence-corrected chi connectivity index (χ0v) is 17.2. The fourth-order valence-corrected chi connectivity index (χ4v) is 4.00. The molecule has 0 atom stereocenters. The fraction of sp³-hybridized carbons (Fsp3) is 0. The van der Waals surface area contributed by atoms with Gasteiger partial charge in [0.2, 0.25) is 0 Å². The minimum absolute atomic E-state index is 0.130. The van der Waals surface area contributed by atoms with Crippen LogP contribution in [0.1, 0.15) is 0 Å². The average molecular weight is 454 g/mol. The number of phenols is 2. The predicted molar refractivity (Wildman–Crippen MR) is 126 cm³/mol. The fourth-order valence-electron chi connectivity index (χ4n) is 4.00. The second-order valence-corrected chi connectivity index (χ2v) is 7.50. The van der Waals surface area contributed by atoms with Crippen LogP contribution in [0, 0.1) is 20.2 Å². The van der Waals surface area contributed by atoms with Gasteiger partial charge in [0, 0.05) is 27.6 Å². The van der Waals surface area contributed by atoms with Gasteiger partial charge in [-0.3, -0.25) is 20.2 Å². The highest BCUT2D eigenvalue weighted by Crippen LogP contribution is 2.48. The Morgan fingerprint density at radius 1 is 0.676 bits per heavy atom. The Bertz CT molecular complexity index is 1690. The molecule has 0 aliphatic carbocycles. The molecule has 0 saturated heterocycles. The summed E-state index contributed by atoms with van der Waals surface area (Å²) >= 11 is 0. The van der Waals surface area contributed by atoms with E-state index in [0.29, 0.717) is 26.9 Å². The molecule has 5 aromatic rings. The first kappa shape index (κ1) is 20.8. The van der Waals surface area contributed by atoms with Crippen molar-refractivity contribution in [3.05, 3.63) is 93.0 Å². The second kappa shape index (κ2) is 7.78. The Morgan fingerprint density at radius 3 is 2.03 bits per heavy atom. The van der Waals surface area contributed by atoms with Gasteiger partial charge in [-0.2, -0.15) is 0 Å². The molecule has 0 bridgehead atoms. The molecule has 0 radical (unpaired) electrons. The Hall–Kier alpha value is -5.12. The Morgan fingerprint density at radius 2 is 1.32 bits per heavy atom. The second-order valence-electron chi connectivity index (χ2n) is 7.50. The zero-order valence-electron chi connectivity index (χ0n) is 17.2. The molecule has 0 spiro atoms. The zero-order chi connectivity index (χ0) is 24.0. The lowest BCUT2D eigenvalue weighted by Crippen LogP contribution is -1.92. The number of phenolic OH excluding ortho intramolecular Hbond substituents is 2. The van der Waals surface area contributed by atoms with E-state index in [-0.39, 0.29) is 28.3 Å². The SMILES string of the molecule is O=[N+]([O-])c1ccc(N=Nc2c3ccccc3c(O)c3c(O)c4ccccc4cc23)c([N+](=O)[O-])c1. The van der Waals surface area contributed by atoms with Crippen LogP contribution in [0.25, 0.3) is 32.3 Å². The molecule has 34 heavy (non-hydrogen) atoms. The van der Waals surface area contributed by atoms with Crippen LogP contribution >= 0.6 is 0 Å². The number of hydrogen-bond donors (Lipinski definition) is 2. The smallest absolute Gasteiger partial charge is 0.303 e. The van der Waals surface area contributed by atoms with Gasteiger partial charge < -0.3 is 10.2 Å². The molecule has 2 N–H and O–H groups in total. The van der Waals surface area contributed by atoms with Gasteiger partial charge in [0.05, 0.1) is 21.3 Å². The van der Waals surface area contributed by atoms with E-state index in [1.807, 2.05) is 0 Å². The van der Waals surface area contributed by atoms with Gasteiger partial charge in [-0.25, -0.2) is 0 Å². The summed E-state index contributed by atoms with van der Waals surface area (Å²) in [6, 6.07) is 18.7. The molecule has 0 saturated carbocycles. The van der Waals surface area contributed by atoms with Crippen LogP contribution < -0.4 is 0 Å². The van der Waals surface area contributed by atoms with Gasteiger partial charge in [0.1, 0.15) is 17.2 Å². The van der Waals surface area contributed by atoms with Crippen molar-refractivity contribution in [2.75, 3.05) is 0 Å². The lowest BCUT2D eigenvalue weighted by molar-refractivity contribution is -0.393. The van der Waals surface area contributed by atoms with Crippen LogP contribution in [0.5, 0.6) is 11.5 Å². The van der Waals surface area contributed by atoms with Crippen LogP contribution in [-0.2, 0) is 0 Å². The van der Waals surface area contributed by atoms with E-state index in [1.54, 1.807) is 54.6 Å². The van der Waals surface area contributed by atoms with Crippen LogP contribution in [-0.4, -0.2) is 20.1 Å². The Labute approximate surface area is 190 Å². The first-order chi connectivity index (χ1) is 16.4. The number of aromatic hydroxyl groups is 2. The number of nitro groups is 2. The highest BCUT2D eigenvalue weighted by Gasteiger charge is 2.21. The third kappa shape index (κ3) is 3.21.